The van der Waals surface area contributed by atoms with E-state index in [4.69, 9.17) is 14.2 Å². The van der Waals surface area contributed by atoms with Crippen molar-refractivity contribution in [3.8, 4) is 0 Å². The molecule has 44 heavy (non-hydrogen) atoms. The average molecular weight is 612 g/mol. The molecule has 2 saturated heterocycles. The highest BCUT2D eigenvalue weighted by atomic mass is 16.5. The lowest BCUT2D eigenvalue weighted by atomic mass is 9.56. The number of nitrogens with zero attached hydrogens (tertiary/aromatic N) is 1. The van der Waals surface area contributed by atoms with Gasteiger partial charge in [-0.25, -0.2) is 0 Å². The van der Waals surface area contributed by atoms with E-state index in [1.54, 1.807) is 12.7 Å². The number of carbonyl (C=O) groups excluding carboxylic acids is 1. The number of aliphatic hydroxyl groups is 1. The van der Waals surface area contributed by atoms with E-state index in [1.807, 2.05) is 13.8 Å². The number of rotatable bonds is 7. The van der Waals surface area contributed by atoms with Crippen LogP contribution in [0, 0.1) is 35.0 Å². The van der Waals surface area contributed by atoms with Gasteiger partial charge in [0.1, 0.15) is 0 Å². The Morgan fingerprint density at radius 3 is 2.61 bits per heavy atom. The zero-order chi connectivity index (χ0) is 31.8. The van der Waals surface area contributed by atoms with Crippen molar-refractivity contribution < 1.29 is 24.1 Å². The minimum absolute atomic E-state index is 0.103. The molecule has 4 fully saturated rings. The first-order valence-corrected chi connectivity index (χ1v) is 17.8. The van der Waals surface area contributed by atoms with Gasteiger partial charge in [-0.2, -0.15) is 0 Å². The molecular weight excluding hydrogens is 550 g/mol. The summed E-state index contributed by atoms with van der Waals surface area (Å²) >= 11 is 0. The van der Waals surface area contributed by atoms with Crippen LogP contribution >= 0.6 is 0 Å². The molecule has 6 aliphatic rings. The quantitative estimate of drug-likeness (QED) is 0.308. The number of methoxy groups -OCH3 is 1. The molecule has 6 rings (SSSR count). The van der Waals surface area contributed by atoms with Gasteiger partial charge in [-0.3, -0.25) is 4.79 Å². The summed E-state index contributed by atoms with van der Waals surface area (Å²) in [6.45, 7) is 19.1. The van der Waals surface area contributed by atoms with Crippen molar-refractivity contribution in [1.82, 2.24) is 4.90 Å². The first-order valence-electron chi connectivity index (χ1n) is 17.8. The van der Waals surface area contributed by atoms with Gasteiger partial charge in [-0.1, -0.05) is 38.0 Å². The van der Waals surface area contributed by atoms with Gasteiger partial charge in [0.2, 0.25) is 5.91 Å². The highest BCUT2D eigenvalue weighted by molar-refractivity contribution is 5.77. The van der Waals surface area contributed by atoms with Crippen LogP contribution in [0.15, 0.2) is 22.8 Å². The van der Waals surface area contributed by atoms with Crippen LogP contribution in [-0.2, 0) is 19.0 Å². The SMILES string of the molecule is COC(C)(C)COC(C)(C)CCC(=O)N1CC(C)CC2OC3(CCC4C(=C3C)CC3C4CC=C4CC(O)CCC43C)C(C)C21. The van der Waals surface area contributed by atoms with Crippen molar-refractivity contribution in [2.75, 3.05) is 20.3 Å². The second-order valence-corrected chi connectivity index (χ2v) is 17.3. The number of carbonyl (C=O) groups is 1. The van der Waals surface area contributed by atoms with Gasteiger partial charge < -0.3 is 24.2 Å². The van der Waals surface area contributed by atoms with Crippen LogP contribution < -0.4 is 0 Å². The molecule has 248 valence electrons. The summed E-state index contributed by atoms with van der Waals surface area (Å²) < 4.78 is 19.1. The van der Waals surface area contributed by atoms with Crippen molar-refractivity contribution in [3.63, 3.8) is 0 Å². The Hall–Kier alpha value is -1.21. The maximum absolute atomic E-state index is 14.0. The van der Waals surface area contributed by atoms with E-state index in [-0.39, 0.29) is 46.7 Å². The van der Waals surface area contributed by atoms with Crippen molar-refractivity contribution in [3.05, 3.63) is 22.8 Å². The summed E-state index contributed by atoms with van der Waals surface area (Å²) in [6.07, 6.45) is 12.2. The van der Waals surface area contributed by atoms with Crippen LogP contribution in [0.4, 0.5) is 0 Å². The van der Waals surface area contributed by atoms with Crippen molar-refractivity contribution >= 4 is 5.91 Å². The Labute approximate surface area is 267 Å². The monoisotopic (exact) mass is 611 g/mol. The molecule has 2 saturated carbocycles. The number of aliphatic hydroxyl groups excluding tert-OH is 1. The molecule has 0 aromatic rings. The molecule has 10 atom stereocenters. The molecule has 0 aromatic carbocycles. The number of piperidine rings is 1. The van der Waals surface area contributed by atoms with Gasteiger partial charge in [0.25, 0.3) is 0 Å². The van der Waals surface area contributed by atoms with Gasteiger partial charge >= 0.3 is 0 Å². The molecule has 0 radical (unpaired) electrons. The minimum atomic E-state index is -0.397. The molecule has 1 amide bonds. The first kappa shape index (κ1) is 32.7. The third-order valence-corrected chi connectivity index (χ3v) is 13.6. The fraction of sp³-hybridized carbons (Fsp3) is 0.868. The van der Waals surface area contributed by atoms with Crippen LogP contribution in [0.5, 0.6) is 0 Å². The molecule has 0 aromatic heterocycles. The average Bonchev–Trinajstić information content (AvgIpc) is 3.49. The van der Waals surface area contributed by atoms with Crippen LogP contribution in [0.1, 0.15) is 120 Å². The van der Waals surface area contributed by atoms with E-state index in [0.717, 1.165) is 44.6 Å². The lowest BCUT2D eigenvalue weighted by Gasteiger charge is -2.49. The molecule has 10 unspecified atom stereocenters. The summed E-state index contributed by atoms with van der Waals surface area (Å²) in [6, 6.07) is 0.136. The molecule has 0 bridgehead atoms. The summed E-state index contributed by atoms with van der Waals surface area (Å²) in [5.41, 5.74) is 3.94. The van der Waals surface area contributed by atoms with Crippen molar-refractivity contribution in [1.29, 1.82) is 0 Å². The number of fused-ring (bicyclic) bond motifs is 6. The molecule has 2 heterocycles. The Morgan fingerprint density at radius 2 is 1.89 bits per heavy atom. The van der Waals surface area contributed by atoms with Gasteiger partial charge in [0.15, 0.2) is 0 Å². The number of allylic oxidation sites excluding steroid dienone is 2. The highest BCUT2D eigenvalue weighted by Gasteiger charge is 2.62. The van der Waals surface area contributed by atoms with E-state index >= 15 is 0 Å². The zero-order valence-electron chi connectivity index (χ0n) is 29.2. The molecule has 1 spiro atoms. The number of amides is 1. The second kappa shape index (κ2) is 11.5. The van der Waals surface area contributed by atoms with Gasteiger partial charge in [-0.15, -0.1) is 0 Å². The lowest BCUT2D eigenvalue weighted by Crippen LogP contribution is -2.54. The summed E-state index contributed by atoms with van der Waals surface area (Å²) in [7, 11) is 1.71. The third kappa shape index (κ3) is 5.46. The van der Waals surface area contributed by atoms with Crippen LogP contribution in [0.3, 0.4) is 0 Å². The summed E-state index contributed by atoms with van der Waals surface area (Å²) in [5.74, 6) is 3.02. The van der Waals surface area contributed by atoms with Crippen LogP contribution in [0.2, 0.25) is 0 Å². The number of ether oxygens (including phenoxy) is 3. The standard InChI is InChI=1S/C38H61NO5/c1-23-18-32-34(39(21-23)33(41)14-15-35(4,5)43-22-36(6,7)42-9)25(3)38(44-32)17-13-28-29-11-10-26-19-27(40)12-16-37(26,8)31(29)20-30(28)24(38)2/h10,23,25,27-29,31-32,34,40H,11-22H2,1-9H3. The number of hydrogen-bond donors (Lipinski definition) is 1. The third-order valence-electron chi connectivity index (χ3n) is 13.6. The number of likely N-dealkylation sites (tertiary alicyclic amines) is 1. The van der Waals surface area contributed by atoms with E-state index in [9.17, 15) is 9.90 Å². The molecule has 4 aliphatic carbocycles. The Balaban J connectivity index is 1.20. The topological polar surface area (TPSA) is 68.2 Å². The van der Waals surface area contributed by atoms with Crippen LogP contribution in [0.25, 0.3) is 0 Å². The normalized spacial score (nSPS) is 42.1. The Bertz CT molecular complexity index is 1190. The lowest BCUT2D eigenvalue weighted by molar-refractivity contribution is -0.143. The fourth-order valence-electron chi connectivity index (χ4n) is 10.7. The maximum Gasteiger partial charge on any atom is 0.223 e. The Kier molecular flexibility index (Phi) is 8.54. The highest BCUT2D eigenvalue weighted by Crippen LogP contribution is 2.65. The largest absolute Gasteiger partial charge is 0.393 e. The van der Waals surface area contributed by atoms with Gasteiger partial charge in [0.05, 0.1) is 41.7 Å². The van der Waals surface area contributed by atoms with E-state index in [0.29, 0.717) is 37.2 Å². The van der Waals surface area contributed by atoms with E-state index < -0.39 is 5.60 Å². The molecule has 6 nitrogen and oxygen atoms in total. The molecule has 6 heteroatoms. The molecular formula is C38H61NO5. The van der Waals surface area contributed by atoms with Crippen molar-refractivity contribution in [2.24, 2.45) is 35.0 Å². The van der Waals surface area contributed by atoms with Crippen LogP contribution in [-0.4, -0.2) is 71.2 Å². The maximum atomic E-state index is 14.0. The Morgan fingerprint density at radius 1 is 1.14 bits per heavy atom. The molecule has 2 aliphatic heterocycles. The van der Waals surface area contributed by atoms with Crippen molar-refractivity contribution in [2.45, 2.75) is 155 Å². The summed E-state index contributed by atoms with van der Waals surface area (Å²) in [4.78, 5) is 16.2. The van der Waals surface area contributed by atoms with E-state index in [2.05, 4.69) is 52.5 Å². The summed E-state index contributed by atoms with van der Waals surface area (Å²) in [5, 5.41) is 10.4. The molecule has 1 N–H and O–H groups in total. The van der Waals surface area contributed by atoms with Gasteiger partial charge in [-0.05, 0) is 127 Å². The predicted molar refractivity (Wildman–Crippen MR) is 174 cm³/mol. The number of hydrogen-bond acceptors (Lipinski definition) is 5. The fourth-order valence-corrected chi connectivity index (χ4v) is 10.7. The smallest absolute Gasteiger partial charge is 0.223 e. The van der Waals surface area contributed by atoms with E-state index in [1.165, 1.54) is 30.4 Å². The second-order valence-electron chi connectivity index (χ2n) is 17.3. The zero-order valence-corrected chi connectivity index (χ0v) is 29.2. The predicted octanol–water partition coefficient (Wildman–Crippen LogP) is 7.24. The first-order chi connectivity index (χ1) is 20.6. The van der Waals surface area contributed by atoms with Gasteiger partial charge in [0, 0.05) is 26.0 Å². The minimum Gasteiger partial charge on any atom is -0.393 e.